The molecule has 110 valence electrons. The van der Waals surface area contributed by atoms with Crippen LogP contribution in [0.1, 0.15) is 29.6 Å². The van der Waals surface area contributed by atoms with Gasteiger partial charge in [-0.2, -0.15) is 0 Å². The number of carbonyl (C=O) groups is 1. The quantitative estimate of drug-likeness (QED) is 0.801. The molecule has 0 aliphatic carbocycles. The SMILES string of the molecule is COC(=O)c1cc(N)cnc1N1CCCC(CCO)C1. The Balaban J connectivity index is 2.25. The predicted octanol–water partition coefficient (Wildman–Crippen LogP) is 1.05. The highest BCUT2D eigenvalue weighted by atomic mass is 16.5. The first-order valence-corrected chi connectivity index (χ1v) is 6.85. The molecular formula is C14H21N3O3. The summed E-state index contributed by atoms with van der Waals surface area (Å²) in [5.41, 5.74) is 6.55. The van der Waals surface area contributed by atoms with Gasteiger partial charge >= 0.3 is 5.97 Å². The van der Waals surface area contributed by atoms with Crippen LogP contribution in [0.4, 0.5) is 11.5 Å². The molecule has 1 aromatic rings. The van der Waals surface area contributed by atoms with Gasteiger partial charge in [0.2, 0.25) is 0 Å². The number of hydrogen-bond donors (Lipinski definition) is 2. The summed E-state index contributed by atoms with van der Waals surface area (Å²) < 4.78 is 4.80. The molecule has 0 saturated carbocycles. The lowest BCUT2D eigenvalue weighted by atomic mass is 9.95. The zero-order valence-corrected chi connectivity index (χ0v) is 11.7. The van der Waals surface area contributed by atoms with E-state index in [0.29, 0.717) is 23.0 Å². The average molecular weight is 279 g/mol. The van der Waals surface area contributed by atoms with E-state index < -0.39 is 5.97 Å². The number of nitrogens with two attached hydrogens (primary N) is 1. The fraction of sp³-hybridized carbons (Fsp3) is 0.571. The van der Waals surface area contributed by atoms with Crippen LogP contribution in [0.15, 0.2) is 12.3 Å². The van der Waals surface area contributed by atoms with Gasteiger partial charge in [-0.3, -0.25) is 0 Å². The molecule has 1 aliphatic heterocycles. The first-order chi connectivity index (χ1) is 9.65. The minimum absolute atomic E-state index is 0.192. The summed E-state index contributed by atoms with van der Waals surface area (Å²) in [5.74, 6) is 0.622. The van der Waals surface area contributed by atoms with Gasteiger partial charge in [-0.15, -0.1) is 0 Å². The number of rotatable bonds is 4. The van der Waals surface area contributed by atoms with Crippen LogP contribution in [0.2, 0.25) is 0 Å². The van der Waals surface area contributed by atoms with Crippen LogP contribution < -0.4 is 10.6 Å². The maximum Gasteiger partial charge on any atom is 0.341 e. The first kappa shape index (κ1) is 14.6. The molecule has 1 aromatic heterocycles. The molecule has 1 aliphatic rings. The summed E-state index contributed by atoms with van der Waals surface area (Å²) in [7, 11) is 1.35. The maximum atomic E-state index is 11.9. The molecule has 0 aromatic carbocycles. The van der Waals surface area contributed by atoms with Gasteiger partial charge in [-0.25, -0.2) is 9.78 Å². The summed E-state index contributed by atoms with van der Waals surface area (Å²) in [6.45, 7) is 1.84. The Kier molecular flexibility index (Phi) is 4.79. The van der Waals surface area contributed by atoms with Crippen LogP contribution >= 0.6 is 0 Å². The molecule has 20 heavy (non-hydrogen) atoms. The zero-order chi connectivity index (χ0) is 14.5. The Morgan fingerprint density at radius 3 is 3.15 bits per heavy atom. The van der Waals surface area contributed by atoms with Gasteiger partial charge < -0.3 is 20.5 Å². The van der Waals surface area contributed by atoms with Crippen LogP contribution in [-0.4, -0.2) is 42.9 Å². The van der Waals surface area contributed by atoms with Crippen molar-refractivity contribution in [3.63, 3.8) is 0 Å². The summed E-state index contributed by atoms with van der Waals surface area (Å²) >= 11 is 0. The number of esters is 1. The van der Waals surface area contributed by atoms with Crippen molar-refractivity contribution >= 4 is 17.5 Å². The lowest BCUT2D eigenvalue weighted by Crippen LogP contribution is -2.37. The Bertz CT molecular complexity index is 477. The minimum Gasteiger partial charge on any atom is -0.465 e. The third kappa shape index (κ3) is 3.19. The van der Waals surface area contributed by atoms with E-state index in [2.05, 4.69) is 9.88 Å². The number of ether oxygens (including phenoxy) is 1. The van der Waals surface area contributed by atoms with Gasteiger partial charge in [0.15, 0.2) is 0 Å². The summed E-state index contributed by atoms with van der Waals surface area (Å²) in [5, 5.41) is 9.07. The van der Waals surface area contributed by atoms with Crippen molar-refractivity contribution in [3.8, 4) is 0 Å². The number of piperidine rings is 1. The second-order valence-electron chi connectivity index (χ2n) is 5.10. The molecule has 1 unspecified atom stereocenters. The molecule has 6 nitrogen and oxygen atoms in total. The largest absolute Gasteiger partial charge is 0.465 e. The Morgan fingerprint density at radius 2 is 2.45 bits per heavy atom. The molecule has 2 rings (SSSR count). The van der Waals surface area contributed by atoms with Crippen molar-refractivity contribution in [3.05, 3.63) is 17.8 Å². The number of carbonyl (C=O) groups excluding carboxylic acids is 1. The fourth-order valence-electron chi connectivity index (χ4n) is 2.66. The van der Waals surface area contributed by atoms with Gasteiger partial charge in [0.1, 0.15) is 11.4 Å². The van der Waals surface area contributed by atoms with E-state index in [1.54, 1.807) is 12.3 Å². The predicted molar refractivity (Wildman–Crippen MR) is 76.6 cm³/mol. The Morgan fingerprint density at radius 1 is 1.65 bits per heavy atom. The summed E-state index contributed by atoms with van der Waals surface area (Å²) in [6, 6.07) is 1.60. The van der Waals surface area contributed by atoms with Crippen LogP contribution in [0, 0.1) is 5.92 Å². The standard InChI is InChI=1S/C14H21N3O3/c1-20-14(19)12-7-11(15)8-16-13(12)17-5-2-3-10(9-17)4-6-18/h7-8,10,18H,2-6,9,15H2,1H3. The number of methoxy groups -OCH3 is 1. The van der Waals surface area contributed by atoms with E-state index in [-0.39, 0.29) is 6.61 Å². The number of hydrogen-bond acceptors (Lipinski definition) is 6. The third-order valence-corrected chi connectivity index (χ3v) is 3.65. The fourth-order valence-corrected chi connectivity index (χ4v) is 2.66. The van der Waals surface area contributed by atoms with Crippen molar-refractivity contribution in [2.45, 2.75) is 19.3 Å². The van der Waals surface area contributed by atoms with E-state index in [0.717, 1.165) is 32.4 Å². The van der Waals surface area contributed by atoms with Crippen molar-refractivity contribution < 1.29 is 14.6 Å². The highest BCUT2D eigenvalue weighted by molar-refractivity contribution is 5.95. The highest BCUT2D eigenvalue weighted by Gasteiger charge is 2.25. The van der Waals surface area contributed by atoms with Gasteiger partial charge in [0, 0.05) is 19.7 Å². The van der Waals surface area contributed by atoms with Gasteiger partial charge in [0.05, 0.1) is 19.0 Å². The van der Waals surface area contributed by atoms with Crippen LogP contribution in [0.5, 0.6) is 0 Å². The number of nitrogens with zero attached hydrogens (tertiary/aromatic N) is 2. The van der Waals surface area contributed by atoms with E-state index >= 15 is 0 Å². The smallest absolute Gasteiger partial charge is 0.341 e. The molecule has 1 atom stereocenters. The van der Waals surface area contributed by atoms with E-state index in [4.69, 9.17) is 15.6 Å². The number of aliphatic hydroxyl groups excluding tert-OH is 1. The van der Waals surface area contributed by atoms with E-state index in [9.17, 15) is 4.79 Å². The second kappa shape index (κ2) is 6.56. The van der Waals surface area contributed by atoms with Crippen LogP contribution in [-0.2, 0) is 4.74 Å². The first-order valence-electron chi connectivity index (χ1n) is 6.85. The van der Waals surface area contributed by atoms with Gasteiger partial charge in [-0.05, 0) is 31.2 Å². The van der Waals surface area contributed by atoms with Crippen molar-refractivity contribution in [2.75, 3.05) is 37.4 Å². The lowest BCUT2D eigenvalue weighted by Gasteiger charge is -2.34. The molecule has 6 heteroatoms. The molecule has 1 fully saturated rings. The minimum atomic E-state index is -0.427. The monoisotopic (exact) mass is 279 g/mol. The van der Waals surface area contributed by atoms with Crippen LogP contribution in [0.25, 0.3) is 0 Å². The third-order valence-electron chi connectivity index (χ3n) is 3.65. The van der Waals surface area contributed by atoms with E-state index in [1.165, 1.54) is 7.11 Å². The molecule has 0 amide bonds. The molecule has 2 heterocycles. The molecule has 3 N–H and O–H groups in total. The molecule has 0 spiro atoms. The second-order valence-corrected chi connectivity index (χ2v) is 5.10. The molecule has 0 radical (unpaired) electrons. The Labute approximate surface area is 118 Å². The zero-order valence-electron chi connectivity index (χ0n) is 11.7. The van der Waals surface area contributed by atoms with Crippen molar-refractivity contribution in [1.82, 2.24) is 4.98 Å². The molecule has 0 bridgehead atoms. The molecule has 1 saturated heterocycles. The normalized spacial score (nSPS) is 18.9. The summed E-state index contributed by atoms with van der Waals surface area (Å²) in [6.07, 6.45) is 4.45. The average Bonchev–Trinajstić information content (AvgIpc) is 2.47. The van der Waals surface area contributed by atoms with Crippen LogP contribution in [0.3, 0.4) is 0 Å². The van der Waals surface area contributed by atoms with E-state index in [1.807, 2.05) is 0 Å². The topological polar surface area (TPSA) is 88.7 Å². The maximum absolute atomic E-state index is 11.9. The van der Waals surface area contributed by atoms with Gasteiger partial charge in [0.25, 0.3) is 0 Å². The van der Waals surface area contributed by atoms with Crippen molar-refractivity contribution in [2.24, 2.45) is 5.92 Å². The summed E-state index contributed by atoms with van der Waals surface area (Å²) in [4.78, 5) is 18.2. The number of anilines is 2. The number of pyridine rings is 1. The Hall–Kier alpha value is -1.82. The highest BCUT2D eigenvalue weighted by Crippen LogP contribution is 2.27. The number of nitrogen functional groups attached to an aromatic ring is 1. The number of aliphatic hydroxyl groups is 1. The van der Waals surface area contributed by atoms with Gasteiger partial charge in [-0.1, -0.05) is 0 Å². The van der Waals surface area contributed by atoms with Crippen molar-refractivity contribution in [1.29, 1.82) is 0 Å². The molecular weight excluding hydrogens is 258 g/mol. The number of aromatic nitrogens is 1. The lowest BCUT2D eigenvalue weighted by molar-refractivity contribution is 0.0601.